The fourth-order valence-electron chi connectivity index (χ4n) is 3.24. The second-order valence-corrected chi connectivity index (χ2v) is 8.42. The Bertz CT molecular complexity index is 911. The predicted molar refractivity (Wildman–Crippen MR) is 116 cm³/mol. The molecule has 1 heterocycles. The molecule has 0 unspecified atom stereocenters. The van der Waals surface area contributed by atoms with Gasteiger partial charge in [-0.1, -0.05) is 29.8 Å². The number of ether oxygens (including phenoxy) is 1. The number of hydrogen-bond acceptors (Lipinski definition) is 5. The maximum atomic E-state index is 12.3. The monoisotopic (exact) mass is 436 g/mol. The average molecular weight is 437 g/mol. The van der Waals surface area contributed by atoms with E-state index >= 15 is 0 Å². The molecule has 5 nitrogen and oxygen atoms in total. The first-order chi connectivity index (χ1) is 13.5. The Kier molecular flexibility index (Phi) is 7.04. The molecule has 0 aliphatic heterocycles. The van der Waals surface area contributed by atoms with Crippen molar-refractivity contribution in [2.45, 2.75) is 38.5 Å². The quantitative estimate of drug-likeness (QED) is 0.533. The number of thiocarbonyl (C=S) groups is 1. The van der Waals surface area contributed by atoms with Gasteiger partial charge in [-0.25, -0.2) is 4.79 Å². The van der Waals surface area contributed by atoms with Gasteiger partial charge >= 0.3 is 5.97 Å². The van der Waals surface area contributed by atoms with Crippen molar-refractivity contribution in [1.29, 1.82) is 0 Å². The summed E-state index contributed by atoms with van der Waals surface area (Å²) in [6, 6.07) is 7.43. The SMILES string of the molecule is COC(=O)c1c(NC(=S)NC(=O)CCc2ccccc2Cl)sc2c1CCCC2. The molecule has 1 aliphatic rings. The van der Waals surface area contributed by atoms with Gasteiger partial charge < -0.3 is 15.4 Å². The van der Waals surface area contributed by atoms with E-state index in [-0.39, 0.29) is 23.4 Å². The molecule has 0 spiro atoms. The van der Waals surface area contributed by atoms with Crippen LogP contribution in [0.25, 0.3) is 0 Å². The van der Waals surface area contributed by atoms with E-state index in [0.717, 1.165) is 36.8 Å². The van der Waals surface area contributed by atoms with Gasteiger partial charge in [-0.15, -0.1) is 11.3 Å². The van der Waals surface area contributed by atoms with E-state index in [0.29, 0.717) is 22.0 Å². The summed E-state index contributed by atoms with van der Waals surface area (Å²) in [6.45, 7) is 0. The van der Waals surface area contributed by atoms with Crippen LogP contribution < -0.4 is 10.6 Å². The van der Waals surface area contributed by atoms with Crippen LogP contribution in [0.4, 0.5) is 5.00 Å². The number of hydrogen-bond donors (Lipinski definition) is 2. The molecule has 28 heavy (non-hydrogen) atoms. The molecule has 1 amide bonds. The number of amides is 1. The number of carbonyl (C=O) groups excluding carboxylic acids is 2. The summed E-state index contributed by atoms with van der Waals surface area (Å²) < 4.78 is 4.95. The maximum absolute atomic E-state index is 12.3. The third-order valence-corrected chi connectivity index (χ3v) is 6.40. The van der Waals surface area contributed by atoms with Crippen molar-refractivity contribution in [2.24, 2.45) is 0 Å². The average Bonchev–Trinajstić information content (AvgIpc) is 3.04. The van der Waals surface area contributed by atoms with Crippen LogP contribution in [0.2, 0.25) is 5.02 Å². The number of aryl methyl sites for hydroxylation is 2. The zero-order valence-electron chi connectivity index (χ0n) is 15.5. The highest BCUT2D eigenvalue weighted by atomic mass is 35.5. The number of methoxy groups -OCH3 is 1. The molecule has 0 saturated heterocycles. The third-order valence-electron chi connectivity index (χ3n) is 4.62. The number of thiophene rings is 1. The highest BCUT2D eigenvalue weighted by Gasteiger charge is 2.26. The van der Waals surface area contributed by atoms with Crippen LogP contribution in [0.5, 0.6) is 0 Å². The van der Waals surface area contributed by atoms with E-state index in [2.05, 4.69) is 10.6 Å². The lowest BCUT2D eigenvalue weighted by Gasteiger charge is -2.12. The van der Waals surface area contributed by atoms with Gasteiger partial charge in [0.15, 0.2) is 5.11 Å². The van der Waals surface area contributed by atoms with Crippen molar-refractivity contribution in [1.82, 2.24) is 5.32 Å². The fourth-order valence-corrected chi connectivity index (χ4v) is 5.04. The first kappa shape index (κ1) is 20.8. The van der Waals surface area contributed by atoms with E-state index in [9.17, 15) is 9.59 Å². The molecular formula is C20H21ClN2O3S2. The number of benzene rings is 1. The van der Waals surface area contributed by atoms with Crippen molar-refractivity contribution in [3.8, 4) is 0 Å². The minimum atomic E-state index is -0.380. The maximum Gasteiger partial charge on any atom is 0.341 e. The molecule has 1 aromatic heterocycles. The Morgan fingerprint density at radius 2 is 2.00 bits per heavy atom. The number of halogens is 1. The van der Waals surface area contributed by atoms with Gasteiger partial charge in [0.1, 0.15) is 5.00 Å². The lowest BCUT2D eigenvalue weighted by atomic mass is 9.95. The van der Waals surface area contributed by atoms with Crippen molar-refractivity contribution in [3.05, 3.63) is 50.9 Å². The van der Waals surface area contributed by atoms with Crippen LogP contribution in [0.1, 0.15) is 45.6 Å². The Morgan fingerprint density at radius 1 is 1.25 bits per heavy atom. The topological polar surface area (TPSA) is 67.4 Å². The number of carbonyl (C=O) groups is 2. The van der Waals surface area contributed by atoms with Crippen LogP contribution >= 0.6 is 35.2 Å². The molecular weight excluding hydrogens is 416 g/mol. The highest BCUT2D eigenvalue weighted by Crippen LogP contribution is 2.38. The van der Waals surface area contributed by atoms with Crippen molar-refractivity contribution in [2.75, 3.05) is 12.4 Å². The van der Waals surface area contributed by atoms with Gasteiger partial charge in [0.2, 0.25) is 5.91 Å². The van der Waals surface area contributed by atoms with E-state index in [1.165, 1.54) is 23.3 Å². The standard InChI is InChI=1S/C20H21ClN2O3S2/c1-26-19(25)17-13-7-3-5-9-15(13)28-18(17)23-20(27)22-16(24)11-10-12-6-2-4-8-14(12)21/h2,4,6,8H,3,5,7,9-11H2,1H3,(H2,22,23,24,27). The van der Waals surface area contributed by atoms with Gasteiger partial charge in [-0.3, -0.25) is 4.79 Å². The Morgan fingerprint density at radius 3 is 2.75 bits per heavy atom. The Labute approximate surface area is 178 Å². The number of nitrogens with one attached hydrogen (secondary N) is 2. The molecule has 1 aliphatic carbocycles. The van der Waals surface area contributed by atoms with Crippen molar-refractivity contribution in [3.63, 3.8) is 0 Å². The molecule has 2 aromatic rings. The highest BCUT2D eigenvalue weighted by molar-refractivity contribution is 7.80. The predicted octanol–water partition coefficient (Wildman–Crippen LogP) is 4.51. The normalized spacial score (nSPS) is 12.8. The second kappa shape index (κ2) is 9.49. The number of fused-ring (bicyclic) bond motifs is 1. The van der Waals surface area contributed by atoms with Crippen LogP contribution in [0, 0.1) is 0 Å². The lowest BCUT2D eigenvalue weighted by Crippen LogP contribution is -2.34. The Hall–Kier alpha value is -1.96. The van der Waals surface area contributed by atoms with Gasteiger partial charge in [0.25, 0.3) is 0 Å². The van der Waals surface area contributed by atoms with Crippen molar-refractivity contribution < 1.29 is 14.3 Å². The summed E-state index contributed by atoms with van der Waals surface area (Å²) in [4.78, 5) is 25.7. The zero-order chi connectivity index (χ0) is 20.1. The molecule has 8 heteroatoms. The molecule has 148 valence electrons. The summed E-state index contributed by atoms with van der Waals surface area (Å²) in [5.74, 6) is -0.590. The molecule has 0 fully saturated rings. The third kappa shape index (κ3) is 4.90. The number of anilines is 1. The summed E-state index contributed by atoms with van der Waals surface area (Å²) in [5.41, 5.74) is 2.49. The largest absolute Gasteiger partial charge is 0.465 e. The van der Waals surface area contributed by atoms with Gasteiger partial charge in [0.05, 0.1) is 12.7 Å². The van der Waals surface area contributed by atoms with E-state index in [1.54, 1.807) is 6.07 Å². The minimum absolute atomic E-state index is 0.174. The second-order valence-electron chi connectivity index (χ2n) is 6.50. The molecule has 0 bridgehead atoms. The summed E-state index contributed by atoms with van der Waals surface area (Å²) in [6.07, 6.45) is 4.75. The summed E-state index contributed by atoms with van der Waals surface area (Å²) >= 11 is 12.9. The molecule has 2 N–H and O–H groups in total. The first-order valence-corrected chi connectivity index (χ1v) is 10.7. The molecule has 0 radical (unpaired) electrons. The fraction of sp³-hybridized carbons (Fsp3) is 0.350. The number of esters is 1. The summed E-state index contributed by atoms with van der Waals surface area (Å²) in [5, 5.41) is 7.14. The van der Waals surface area contributed by atoms with E-state index in [4.69, 9.17) is 28.6 Å². The van der Waals surface area contributed by atoms with E-state index < -0.39 is 0 Å². The molecule has 0 atom stereocenters. The summed E-state index contributed by atoms with van der Waals surface area (Å²) in [7, 11) is 1.37. The molecule has 0 saturated carbocycles. The molecule has 3 rings (SSSR count). The first-order valence-electron chi connectivity index (χ1n) is 9.06. The molecule has 1 aromatic carbocycles. The Balaban J connectivity index is 1.63. The number of rotatable bonds is 5. The van der Waals surface area contributed by atoms with Gasteiger partial charge in [0, 0.05) is 16.3 Å². The van der Waals surface area contributed by atoms with Gasteiger partial charge in [-0.05, 0) is 61.5 Å². The zero-order valence-corrected chi connectivity index (χ0v) is 17.9. The van der Waals surface area contributed by atoms with Crippen molar-refractivity contribution >= 4 is 57.1 Å². The lowest BCUT2D eigenvalue weighted by molar-refractivity contribution is -0.119. The van der Waals surface area contributed by atoms with Crippen LogP contribution in [0.3, 0.4) is 0 Å². The van der Waals surface area contributed by atoms with Crippen LogP contribution in [0.15, 0.2) is 24.3 Å². The van der Waals surface area contributed by atoms with Gasteiger partial charge in [-0.2, -0.15) is 0 Å². The minimum Gasteiger partial charge on any atom is -0.465 e. The van der Waals surface area contributed by atoms with E-state index in [1.807, 2.05) is 18.2 Å². The van der Waals surface area contributed by atoms with Crippen LogP contribution in [-0.2, 0) is 28.8 Å². The van der Waals surface area contributed by atoms with Crippen LogP contribution in [-0.4, -0.2) is 24.1 Å². The smallest absolute Gasteiger partial charge is 0.341 e.